The predicted octanol–water partition coefficient (Wildman–Crippen LogP) is 5.09. The van der Waals surface area contributed by atoms with E-state index in [-0.39, 0.29) is 11.5 Å². The van der Waals surface area contributed by atoms with E-state index in [1.165, 1.54) is 32.1 Å². The second kappa shape index (κ2) is 8.78. The Hall–Kier alpha value is -0.410. The van der Waals surface area contributed by atoms with Gasteiger partial charge in [0.25, 0.3) is 0 Å². The summed E-state index contributed by atoms with van der Waals surface area (Å²) >= 11 is 1.68. The molecule has 1 aromatic rings. The molecule has 0 aliphatic rings. The second-order valence-electron chi connectivity index (χ2n) is 6.79. The van der Waals surface area contributed by atoms with E-state index < -0.39 is 0 Å². The minimum Gasteiger partial charge on any atom is -0.393 e. The smallest absolute Gasteiger partial charge is 0.0954 e. The number of aliphatic hydroxyl groups is 1. The molecule has 0 aliphatic carbocycles. The van der Waals surface area contributed by atoms with Crippen LogP contribution in [-0.2, 0) is 11.8 Å². The predicted molar refractivity (Wildman–Crippen MR) is 88.5 cm³/mol. The van der Waals surface area contributed by atoms with E-state index in [4.69, 9.17) is 0 Å². The van der Waals surface area contributed by atoms with Crippen molar-refractivity contribution in [3.05, 3.63) is 16.1 Å². The summed E-state index contributed by atoms with van der Waals surface area (Å²) in [4.78, 5) is 4.65. The normalized spacial score (nSPS) is 13.7. The monoisotopic (exact) mass is 297 g/mol. The molecule has 1 aromatic heterocycles. The van der Waals surface area contributed by atoms with Crippen molar-refractivity contribution in [2.24, 2.45) is 0 Å². The van der Waals surface area contributed by atoms with E-state index in [1.54, 1.807) is 11.3 Å². The fraction of sp³-hybridized carbons (Fsp3) is 0.824. The lowest BCUT2D eigenvalue weighted by Gasteiger charge is -2.14. The Morgan fingerprint density at radius 1 is 1.15 bits per heavy atom. The van der Waals surface area contributed by atoms with E-state index >= 15 is 0 Å². The van der Waals surface area contributed by atoms with Crippen molar-refractivity contribution in [3.8, 4) is 0 Å². The van der Waals surface area contributed by atoms with Gasteiger partial charge in [-0.05, 0) is 6.42 Å². The molecular weight excluding hydrogens is 266 g/mol. The first-order chi connectivity index (χ1) is 9.43. The number of nitrogens with zero attached hydrogens (tertiary/aromatic N) is 1. The summed E-state index contributed by atoms with van der Waals surface area (Å²) in [5.41, 5.74) is 1.25. The Kier molecular flexibility index (Phi) is 7.75. The fourth-order valence-electron chi connectivity index (χ4n) is 2.21. The number of rotatable bonds is 9. The molecule has 1 rings (SSSR count). The zero-order chi connectivity index (χ0) is 15.0. The summed E-state index contributed by atoms with van der Waals surface area (Å²) in [5, 5.41) is 13.3. The molecule has 0 saturated heterocycles. The first-order valence-corrected chi connectivity index (χ1v) is 8.94. The van der Waals surface area contributed by atoms with Gasteiger partial charge in [-0.2, -0.15) is 0 Å². The Morgan fingerprint density at radius 2 is 1.80 bits per heavy atom. The number of hydrogen-bond donors (Lipinski definition) is 1. The molecule has 0 bridgehead atoms. The SMILES string of the molecule is CCCCCCCCC(O)Cc1nc(C(C)(C)C)cs1. The number of aromatic nitrogens is 1. The minimum atomic E-state index is -0.222. The molecule has 0 aliphatic heterocycles. The molecule has 0 radical (unpaired) electrons. The Balaban J connectivity index is 2.22. The lowest BCUT2D eigenvalue weighted by atomic mass is 9.93. The first kappa shape index (κ1) is 17.6. The van der Waals surface area contributed by atoms with Gasteiger partial charge in [-0.1, -0.05) is 66.2 Å². The molecule has 20 heavy (non-hydrogen) atoms. The van der Waals surface area contributed by atoms with Crippen LogP contribution >= 0.6 is 11.3 Å². The lowest BCUT2D eigenvalue weighted by molar-refractivity contribution is 0.160. The Morgan fingerprint density at radius 3 is 2.40 bits per heavy atom. The van der Waals surface area contributed by atoms with Crippen LogP contribution in [0.4, 0.5) is 0 Å². The maximum atomic E-state index is 10.1. The molecule has 0 spiro atoms. The summed E-state index contributed by atoms with van der Waals surface area (Å²) < 4.78 is 0. The van der Waals surface area contributed by atoms with Crippen LogP contribution in [0.15, 0.2) is 5.38 Å². The average molecular weight is 298 g/mol. The van der Waals surface area contributed by atoms with Gasteiger partial charge in [-0.15, -0.1) is 11.3 Å². The summed E-state index contributed by atoms with van der Waals surface area (Å²) in [5.74, 6) is 0. The molecule has 0 aromatic carbocycles. The third kappa shape index (κ3) is 6.85. The zero-order valence-electron chi connectivity index (χ0n) is 13.6. The van der Waals surface area contributed by atoms with E-state index in [0.717, 1.165) is 30.0 Å². The minimum absolute atomic E-state index is 0.110. The van der Waals surface area contributed by atoms with Crippen molar-refractivity contribution in [2.75, 3.05) is 0 Å². The number of aliphatic hydroxyl groups excluding tert-OH is 1. The zero-order valence-corrected chi connectivity index (χ0v) is 14.4. The molecule has 1 atom stereocenters. The summed E-state index contributed by atoms with van der Waals surface area (Å²) in [7, 11) is 0. The van der Waals surface area contributed by atoms with Gasteiger partial charge in [0, 0.05) is 17.2 Å². The van der Waals surface area contributed by atoms with Gasteiger partial charge in [0.05, 0.1) is 16.8 Å². The standard InChI is InChI=1S/C17H31NOS/c1-5-6-7-8-9-10-11-14(19)12-16-18-15(13-20-16)17(2,3)4/h13-14,19H,5-12H2,1-4H3. The Labute approximate surface area is 128 Å². The number of unbranched alkanes of at least 4 members (excludes halogenated alkanes) is 5. The van der Waals surface area contributed by atoms with E-state index in [2.05, 4.69) is 38.1 Å². The van der Waals surface area contributed by atoms with Crippen LogP contribution in [0.1, 0.15) is 83.3 Å². The molecule has 2 nitrogen and oxygen atoms in total. The van der Waals surface area contributed by atoms with E-state index in [9.17, 15) is 5.11 Å². The quantitative estimate of drug-likeness (QED) is 0.644. The average Bonchev–Trinajstić information content (AvgIpc) is 2.82. The molecule has 1 heterocycles. The van der Waals surface area contributed by atoms with Gasteiger partial charge in [-0.3, -0.25) is 0 Å². The van der Waals surface area contributed by atoms with E-state index in [0.29, 0.717) is 0 Å². The van der Waals surface area contributed by atoms with Gasteiger partial charge in [0.2, 0.25) is 0 Å². The highest BCUT2D eigenvalue weighted by atomic mass is 32.1. The van der Waals surface area contributed by atoms with Crippen LogP contribution in [0.3, 0.4) is 0 Å². The molecular formula is C17H31NOS. The summed E-state index contributed by atoms with van der Waals surface area (Å²) in [6, 6.07) is 0. The van der Waals surface area contributed by atoms with Gasteiger partial charge in [-0.25, -0.2) is 4.98 Å². The fourth-order valence-corrected chi connectivity index (χ4v) is 3.31. The molecule has 1 N–H and O–H groups in total. The van der Waals surface area contributed by atoms with Crippen molar-refractivity contribution >= 4 is 11.3 Å². The topological polar surface area (TPSA) is 33.1 Å². The third-order valence-electron chi connectivity index (χ3n) is 3.62. The van der Waals surface area contributed by atoms with Crippen molar-refractivity contribution < 1.29 is 5.11 Å². The summed E-state index contributed by atoms with van der Waals surface area (Å²) in [6.45, 7) is 8.78. The van der Waals surface area contributed by atoms with Crippen LogP contribution in [0.5, 0.6) is 0 Å². The number of thiazole rings is 1. The van der Waals surface area contributed by atoms with Gasteiger partial charge >= 0.3 is 0 Å². The van der Waals surface area contributed by atoms with Crippen LogP contribution in [0, 0.1) is 0 Å². The highest BCUT2D eigenvalue weighted by Gasteiger charge is 2.18. The molecule has 0 fully saturated rings. The van der Waals surface area contributed by atoms with Crippen molar-refractivity contribution in [2.45, 2.75) is 90.6 Å². The van der Waals surface area contributed by atoms with Gasteiger partial charge < -0.3 is 5.11 Å². The van der Waals surface area contributed by atoms with Gasteiger partial charge in [0.1, 0.15) is 0 Å². The van der Waals surface area contributed by atoms with Crippen LogP contribution in [0.2, 0.25) is 0 Å². The molecule has 116 valence electrons. The molecule has 1 unspecified atom stereocenters. The molecule has 0 saturated carbocycles. The van der Waals surface area contributed by atoms with Crippen molar-refractivity contribution in [1.82, 2.24) is 4.98 Å². The second-order valence-corrected chi connectivity index (χ2v) is 7.73. The maximum Gasteiger partial charge on any atom is 0.0954 e. The highest BCUT2D eigenvalue weighted by molar-refractivity contribution is 7.09. The van der Waals surface area contributed by atoms with Crippen LogP contribution in [0.25, 0.3) is 0 Å². The van der Waals surface area contributed by atoms with Gasteiger partial charge in [0.15, 0.2) is 0 Å². The number of hydrogen-bond acceptors (Lipinski definition) is 3. The summed E-state index contributed by atoms with van der Waals surface area (Å²) in [6.07, 6.45) is 9.09. The van der Waals surface area contributed by atoms with Crippen LogP contribution < -0.4 is 0 Å². The lowest BCUT2D eigenvalue weighted by Crippen LogP contribution is -2.13. The maximum absolute atomic E-state index is 10.1. The van der Waals surface area contributed by atoms with E-state index in [1.807, 2.05) is 0 Å². The Bertz CT molecular complexity index is 367. The third-order valence-corrected chi connectivity index (χ3v) is 4.49. The van der Waals surface area contributed by atoms with Crippen molar-refractivity contribution in [1.29, 1.82) is 0 Å². The first-order valence-electron chi connectivity index (χ1n) is 8.06. The highest BCUT2D eigenvalue weighted by Crippen LogP contribution is 2.24. The largest absolute Gasteiger partial charge is 0.393 e. The molecule has 3 heteroatoms. The molecule has 0 amide bonds. The van der Waals surface area contributed by atoms with Crippen LogP contribution in [-0.4, -0.2) is 16.2 Å². The van der Waals surface area contributed by atoms with Crippen molar-refractivity contribution in [3.63, 3.8) is 0 Å².